The van der Waals surface area contributed by atoms with E-state index in [0.717, 1.165) is 30.4 Å². The first-order valence-electron chi connectivity index (χ1n) is 8.31. The zero-order valence-electron chi connectivity index (χ0n) is 13.3. The summed E-state index contributed by atoms with van der Waals surface area (Å²) in [7, 11) is 0. The Kier molecular flexibility index (Phi) is 5.04. The molecule has 0 saturated heterocycles. The summed E-state index contributed by atoms with van der Waals surface area (Å²) in [4.78, 5) is 9.11. The second-order valence-electron chi connectivity index (χ2n) is 6.24. The molecule has 22 heavy (non-hydrogen) atoms. The summed E-state index contributed by atoms with van der Waals surface area (Å²) in [5, 5.41) is 0. The number of aryl methyl sites for hydroxylation is 1. The van der Waals surface area contributed by atoms with E-state index in [0.29, 0.717) is 5.92 Å². The van der Waals surface area contributed by atoms with Crippen molar-refractivity contribution in [1.82, 2.24) is 9.97 Å². The molecule has 1 aliphatic carbocycles. The summed E-state index contributed by atoms with van der Waals surface area (Å²) in [5.41, 5.74) is 2.20. The Labute approximate surface area is 132 Å². The summed E-state index contributed by atoms with van der Waals surface area (Å²) in [6.07, 6.45) is 7.40. The molecule has 1 aromatic carbocycles. The van der Waals surface area contributed by atoms with Crippen molar-refractivity contribution in [2.75, 3.05) is 6.61 Å². The van der Waals surface area contributed by atoms with Crippen molar-refractivity contribution in [3.05, 3.63) is 53.5 Å². The maximum absolute atomic E-state index is 5.95. The lowest BCUT2D eigenvalue weighted by atomic mass is 9.90. The van der Waals surface area contributed by atoms with Crippen LogP contribution in [0.2, 0.25) is 0 Å². The van der Waals surface area contributed by atoms with E-state index in [4.69, 9.17) is 4.74 Å². The van der Waals surface area contributed by atoms with Gasteiger partial charge >= 0.3 is 0 Å². The molecule has 0 atom stereocenters. The normalized spacial score (nSPS) is 15.7. The van der Waals surface area contributed by atoms with Gasteiger partial charge in [0.05, 0.1) is 6.61 Å². The van der Waals surface area contributed by atoms with Crippen LogP contribution in [0.1, 0.15) is 49.2 Å². The van der Waals surface area contributed by atoms with Crippen molar-refractivity contribution < 1.29 is 4.74 Å². The third kappa shape index (κ3) is 4.30. The lowest BCUT2D eigenvalue weighted by Crippen LogP contribution is -2.16. The minimum atomic E-state index is 0.696. The molecule has 0 bridgehead atoms. The van der Waals surface area contributed by atoms with Crippen LogP contribution in [0, 0.1) is 12.8 Å². The second-order valence-corrected chi connectivity index (χ2v) is 6.24. The zero-order chi connectivity index (χ0) is 15.2. The van der Waals surface area contributed by atoms with Crippen LogP contribution in [0.25, 0.3) is 0 Å². The summed E-state index contributed by atoms with van der Waals surface area (Å²) < 4.78 is 5.95. The maximum Gasteiger partial charge on any atom is 0.216 e. The molecule has 0 N–H and O–H groups in total. The summed E-state index contributed by atoms with van der Waals surface area (Å²) >= 11 is 0. The number of aromatic nitrogens is 2. The van der Waals surface area contributed by atoms with Crippen LogP contribution < -0.4 is 4.74 Å². The molecule has 1 aliphatic rings. The number of benzene rings is 1. The van der Waals surface area contributed by atoms with E-state index in [9.17, 15) is 0 Å². The highest BCUT2D eigenvalue weighted by atomic mass is 16.5. The molecule has 3 nitrogen and oxygen atoms in total. The van der Waals surface area contributed by atoms with Crippen molar-refractivity contribution in [2.45, 2.75) is 45.4 Å². The van der Waals surface area contributed by atoms with Crippen LogP contribution in [0.5, 0.6) is 5.88 Å². The average Bonchev–Trinajstić information content (AvgIpc) is 2.54. The molecule has 1 saturated carbocycles. The van der Waals surface area contributed by atoms with E-state index in [2.05, 4.69) is 22.1 Å². The summed E-state index contributed by atoms with van der Waals surface area (Å²) in [6.45, 7) is 2.80. The first-order chi connectivity index (χ1) is 10.8. The van der Waals surface area contributed by atoms with Crippen molar-refractivity contribution in [1.29, 1.82) is 0 Å². The van der Waals surface area contributed by atoms with E-state index in [1.807, 2.05) is 31.2 Å². The minimum Gasteiger partial charge on any atom is -0.477 e. The van der Waals surface area contributed by atoms with Gasteiger partial charge in [-0.3, -0.25) is 0 Å². The molecule has 3 heteroatoms. The van der Waals surface area contributed by atoms with Crippen LogP contribution in [-0.2, 0) is 6.42 Å². The number of ether oxygens (including phenoxy) is 1. The van der Waals surface area contributed by atoms with Gasteiger partial charge in [0.25, 0.3) is 0 Å². The van der Waals surface area contributed by atoms with Gasteiger partial charge < -0.3 is 4.74 Å². The van der Waals surface area contributed by atoms with Gasteiger partial charge in [-0.15, -0.1) is 0 Å². The number of nitrogens with zero attached hydrogens (tertiary/aromatic N) is 2. The largest absolute Gasteiger partial charge is 0.477 e. The highest BCUT2D eigenvalue weighted by Gasteiger charge is 2.14. The fourth-order valence-corrected chi connectivity index (χ4v) is 3.09. The van der Waals surface area contributed by atoms with Gasteiger partial charge in [0.1, 0.15) is 5.82 Å². The van der Waals surface area contributed by atoms with E-state index in [1.165, 1.54) is 37.7 Å². The van der Waals surface area contributed by atoms with Crippen LogP contribution in [-0.4, -0.2) is 16.6 Å². The second kappa shape index (κ2) is 7.39. The smallest absolute Gasteiger partial charge is 0.216 e. The van der Waals surface area contributed by atoms with Crippen LogP contribution in [0.15, 0.2) is 36.4 Å². The maximum atomic E-state index is 5.95. The van der Waals surface area contributed by atoms with Crippen LogP contribution in [0.3, 0.4) is 0 Å². The van der Waals surface area contributed by atoms with E-state index in [1.54, 1.807) is 0 Å². The number of rotatable bonds is 5. The fraction of sp³-hybridized carbons (Fsp3) is 0.474. The predicted molar refractivity (Wildman–Crippen MR) is 88.1 cm³/mol. The van der Waals surface area contributed by atoms with E-state index >= 15 is 0 Å². The molecule has 0 radical (unpaired) electrons. The van der Waals surface area contributed by atoms with Gasteiger partial charge in [-0.25, -0.2) is 4.98 Å². The third-order valence-electron chi connectivity index (χ3n) is 4.27. The number of hydrogen-bond acceptors (Lipinski definition) is 3. The Morgan fingerprint density at radius 2 is 1.82 bits per heavy atom. The molecule has 0 spiro atoms. The monoisotopic (exact) mass is 296 g/mol. The van der Waals surface area contributed by atoms with Crippen molar-refractivity contribution in [3.8, 4) is 5.88 Å². The highest BCUT2D eigenvalue weighted by molar-refractivity contribution is 5.22. The molecular weight excluding hydrogens is 272 g/mol. The quantitative estimate of drug-likeness (QED) is 0.823. The lowest BCUT2D eigenvalue weighted by Gasteiger charge is -2.21. The Hall–Kier alpha value is -1.90. The Balaban J connectivity index is 1.64. The van der Waals surface area contributed by atoms with E-state index in [-0.39, 0.29) is 0 Å². The predicted octanol–water partition coefficient (Wildman–Crippen LogP) is 4.33. The summed E-state index contributed by atoms with van der Waals surface area (Å²) in [6, 6.07) is 12.3. The molecule has 0 amide bonds. The van der Waals surface area contributed by atoms with Gasteiger partial charge in [-0.2, -0.15) is 4.98 Å². The van der Waals surface area contributed by atoms with Crippen molar-refractivity contribution >= 4 is 0 Å². The van der Waals surface area contributed by atoms with Crippen LogP contribution >= 0.6 is 0 Å². The van der Waals surface area contributed by atoms with Gasteiger partial charge in [0, 0.05) is 18.2 Å². The molecule has 1 heterocycles. The molecule has 0 unspecified atom stereocenters. The Morgan fingerprint density at radius 1 is 1.05 bits per heavy atom. The van der Waals surface area contributed by atoms with Gasteiger partial charge in [0.2, 0.25) is 5.88 Å². The summed E-state index contributed by atoms with van der Waals surface area (Å²) in [5.74, 6) is 2.26. The van der Waals surface area contributed by atoms with Gasteiger partial charge in [-0.1, -0.05) is 49.6 Å². The van der Waals surface area contributed by atoms with Crippen LogP contribution in [0.4, 0.5) is 0 Å². The molecular formula is C19H24N2O. The first-order valence-corrected chi connectivity index (χ1v) is 8.31. The Bertz CT molecular complexity index is 592. The molecule has 2 aromatic rings. The van der Waals surface area contributed by atoms with Crippen molar-refractivity contribution in [2.24, 2.45) is 5.92 Å². The molecule has 0 aliphatic heterocycles. The Morgan fingerprint density at radius 3 is 2.59 bits per heavy atom. The molecule has 116 valence electrons. The standard InChI is InChI=1S/C19H24N2O/c1-15-12-19(22-14-17-10-6-3-7-11-17)21-18(20-15)13-16-8-4-2-5-9-16/h2,4-5,8-9,12,17H,3,6-7,10-11,13-14H2,1H3. The molecule has 1 aromatic heterocycles. The van der Waals surface area contributed by atoms with Crippen molar-refractivity contribution in [3.63, 3.8) is 0 Å². The average molecular weight is 296 g/mol. The lowest BCUT2D eigenvalue weighted by molar-refractivity contribution is 0.202. The van der Waals surface area contributed by atoms with E-state index < -0.39 is 0 Å². The minimum absolute atomic E-state index is 0.696. The topological polar surface area (TPSA) is 35.0 Å². The molecule has 3 rings (SSSR count). The fourth-order valence-electron chi connectivity index (χ4n) is 3.09. The first kappa shape index (κ1) is 15.0. The highest BCUT2D eigenvalue weighted by Crippen LogP contribution is 2.24. The van der Waals surface area contributed by atoms with Gasteiger partial charge in [0.15, 0.2) is 0 Å². The molecule has 1 fully saturated rings. The number of hydrogen-bond donors (Lipinski definition) is 0. The zero-order valence-corrected chi connectivity index (χ0v) is 13.3. The third-order valence-corrected chi connectivity index (χ3v) is 4.27. The SMILES string of the molecule is Cc1cc(OCC2CCCCC2)nc(Cc2ccccc2)n1. The van der Waals surface area contributed by atoms with Gasteiger partial charge in [-0.05, 0) is 31.2 Å².